The zero-order chi connectivity index (χ0) is 16.7. The summed E-state index contributed by atoms with van der Waals surface area (Å²) < 4.78 is 49.9. The largest absolute Gasteiger partial charge is 0.384 e. The van der Waals surface area contributed by atoms with Crippen LogP contribution in [0.25, 0.3) is 0 Å². The van der Waals surface area contributed by atoms with Gasteiger partial charge in [-0.25, -0.2) is 17.2 Å². The van der Waals surface area contributed by atoms with Crippen molar-refractivity contribution in [2.24, 2.45) is 0 Å². The predicted octanol–water partition coefficient (Wildman–Crippen LogP) is 3.51. The first kappa shape index (κ1) is 15.9. The normalized spacial score (nSPS) is 16.1. The Labute approximate surface area is 134 Å². The average molecular weight is 337 g/mol. The Morgan fingerprint density at radius 2 is 1.74 bits per heavy atom. The molecule has 3 nitrogen and oxygen atoms in total. The first-order valence-corrected chi connectivity index (χ1v) is 9.19. The number of hydrogen-bond donors (Lipinski definition) is 1. The van der Waals surface area contributed by atoms with E-state index in [9.17, 15) is 17.2 Å². The van der Waals surface area contributed by atoms with Gasteiger partial charge < -0.3 is 5.32 Å². The lowest BCUT2D eigenvalue weighted by molar-refractivity contribution is 0.552. The predicted molar refractivity (Wildman–Crippen MR) is 85.3 cm³/mol. The SMILES string of the molecule is CS(=O)(=O)c1ccc(NCC2(c3ccc(F)cc3F)CC2)cc1. The molecule has 3 rings (SSSR count). The number of hydrogen-bond acceptors (Lipinski definition) is 3. The van der Waals surface area contributed by atoms with Gasteiger partial charge in [0, 0.05) is 30.0 Å². The number of nitrogens with one attached hydrogen (secondary N) is 1. The summed E-state index contributed by atoms with van der Waals surface area (Å²) in [6, 6.07) is 10.1. The van der Waals surface area contributed by atoms with E-state index in [0.29, 0.717) is 12.1 Å². The van der Waals surface area contributed by atoms with Gasteiger partial charge in [-0.1, -0.05) is 6.07 Å². The Morgan fingerprint density at radius 3 is 2.26 bits per heavy atom. The Kier molecular flexibility index (Phi) is 3.88. The molecule has 1 saturated carbocycles. The number of anilines is 1. The van der Waals surface area contributed by atoms with Crippen LogP contribution in [0.2, 0.25) is 0 Å². The van der Waals surface area contributed by atoms with Crippen molar-refractivity contribution < 1.29 is 17.2 Å². The molecule has 122 valence electrons. The summed E-state index contributed by atoms with van der Waals surface area (Å²) >= 11 is 0. The fraction of sp³-hybridized carbons (Fsp3) is 0.294. The summed E-state index contributed by atoms with van der Waals surface area (Å²) in [7, 11) is -3.22. The number of halogens is 2. The molecule has 6 heteroatoms. The molecule has 0 unspecified atom stereocenters. The molecule has 0 aromatic heterocycles. The topological polar surface area (TPSA) is 46.2 Å². The molecule has 2 aromatic rings. The fourth-order valence-corrected chi connectivity index (χ4v) is 3.33. The van der Waals surface area contributed by atoms with E-state index in [0.717, 1.165) is 30.9 Å². The molecule has 0 amide bonds. The standard InChI is InChI=1S/C17H17F2NO2S/c1-23(21,22)14-5-3-13(4-6-14)20-11-17(8-9-17)15-7-2-12(18)10-16(15)19/h2-7,10,20H,8-9,11H2,1H3. The zero-order valence-corrected chi connectivity index (χ0v) is 13.5. The number of rotatable bonds is 5. The zero-order valence-electron chi connectivity index (χ0n) is 12.6. The van der Waals surface area contributed by atoms with Crippen molar-refractivity contribution in [2.45, 2.75) is 23.2 Å². The van der Waals surface area contributed by atoms with E-state index in [4.69, 9.17) is 0 Å². The lowest BCUT2D eigenvalue weighted by Crippen LogP contribution is -2.21. The van der Waals surface area contributed by atoms with Crippen LogP contribution < -0.4 is 5.32 Å². The maximum absolute atomic E-state index is 14.0. The number of benzene rings is 2. The smallest absolute Gasteiger partial charge is 0.175 e. The highest BCUT2D eigenvalue weighted by atomic mass is 32.2. The van der Waals surface area contributed by atoms with Gasteiger partial charge in [-0.05, 0) is 48.7 Å². The molecule has 0 saturated heterocycles. The van der Waals surface area contributed by atoms with E-state index in [1.165, 1.54) is 24.3 Å². The summed E-state index contributed by atoms with van der Waals surface area (Å²) in [5, 5.41) is 3.21. The highest BCUT2D eigenvalue weighted by molar-refractivity contribution is 7.90. The summed E-state index contributed by atoms with van der Waals surface area (Å²) in [5.74, 6) is -1.09. The third-order valence-electron chi connectivity index (χ3n) is 4.27. The minimum absolute atomic E-state index is 0.258. The molecule has 0 bridgehead atoms. The Bertz CT molecular complexity index is 828. The van der Waals surface area contributed by atoms with Gasteiger partial charge in [0.05, 0.1) is 4.90 Å². The minimum Gasteiger partial charge on any atom is -0.384 e. The molecular formula is C17H17F2NO2S. The summed E-state index contributed by atoms with van der Waals surface area (Å²) in [6.07, 6.45) is 2.83. The minimum atomic E-state index is -3.22. The molecule has 1 aliphatic rings. The Morgan fingerprint density at radius 1 is 1.09 bits per heavy atom. The highest BCUT2D eigenvalue weighted by Gasteiger charge is 2.45. The van der Waals surface area contributed by atoms with Crippen LogP contribution in [0.5, 0.6) is 0 Å². The molecule has 1 fully saturated rings. The van der Waals surface area contributed by atoms with Gasteiger partial charge in [-0.2, -0.15) is 0 Å². The van der Waals surface area contributed by atoms with Crippen LogP contribution in [-0.4, -0.2) is 21.2 Å². The summed E-state index contributed by atoms with van der Waals surface area (Å²) in [6.45, 7) is 0.522. The average Bonchev–Trinajstić information content (AvgIpc) is 3.25. The Hall–Kier alpha value is -1.95. The van der Waals surface area contributed by atoms with E-state index >= 15 is 0 Å². The van der Waals surface area contributed by atoms with Gasteiger partial charge in [0.15, 0.2) is 9.84 Å². The molecule has 0 radical (unpaired) electrons. The van der Waals surface area contributed by atoms with Crippen LogP contribution in [0, 0.1) is 11.6 Å². The van der Waals surface area contributed by atoms with Crippen molar-refractivity contribution in [3.8, 4) is 0 Å². The number of sulfone groups is 1. The molecule has 0 aliphatic heterocycles. The maximum Gasteiger partial charge on any atom is 0.175 e. The van der Waals surface area contributed by atoms with Crippen molar-refractivity contribution in [1.29, 1.82) is 0 Å². The van der Waals surface area contributed by atoms with Gasteiger partial charge >= 0.3 is 0 Å². The van der Waals surface area contributed by atoms with Gasteiger partial charge in [-0.3, -0.25) is 0 Å². The van der Waals surface area contributed by atoms with Gasteiger partial charge in [0.1, 0.15) is 11.6 Å². The van der Waals surface area contributed by atoms with E-state index < -0.39 is 21.5 Å². The van der Waals surface area contributed by atoms with E-state index in [1.807, 2.05) is 0 Å². The van der Waals surface area contributed by atoms with Crippen LogP contribution in [0.15, 0.2) is 47.4 Å². The fourth-order valence-electron chi connectivity index (χ4n) is 2.70. The van der Waals surface area contributed by atoms with Crippen molar-refractivity contribution in [2.75, 3.05) is 18.1 Å². The van der Waals surface area contributed by atoms with Crippen molar-refractivity contribution in [3.05, 3.63) is 59.7 Å². The van der Waals surface area contributed by atoms with Crippen LogP contribution in [0.4, 0.5) is 14.5 Å². The Balaban J connectivity index is 1.73. The van der Waals surface area contributed by atoms with E-state index in [2.05, 4.69) is 5.32 Å². The quantitative estimate of drug-likeness (QED) is 0.908. The second-order valence-electron chi connectivity index (χ2n) is 6.05. The van der Waals surface area contributed by atoms with E-state index in [1.54, 1.807) is 12.1 Å². The van der Waals surface area contributed by atoms with Crippen LogP contribution in [0.3, 0.4) is 0 Å². The van der Waals surface area contributed by atoms with Crippen LogP contribution >= 0.6 is 0 Å². The van der Waals surface area contributed by atoms with Gasteiger partial charge in [0.2, 0.25) is 0 Å². The first-order valence-electron chi connectivity index (χ1n) is 7.30. The highest BCUT2D eigenvalue weighted by Crippen LogP contribution is 2.49. The second-order valence-corrected chi connectivity index (χ2v) is 8.07. The molecule has 0 spiro atoms. The van der Waals surface area contributed by atoms with Gasteiger partial charge in [-0.15, -0.1) is 0 Å². The maximum atomic E-state index is 14.0. The molecule has 2 aromatic carbocycles. The lowest BCUT2D eigenvalue weighted by Gasteiger charge is -2.18. The molecule has 1 N–H and O–H groups in total. The first-order chi connectivity index (χ1) is 10.8. The molecular weight excluding hydrogens is 320 g/mol. The van der Waals surface area contributed by atoms with Crippen molar-refractivity contribution in [3.63, 3.8) is 0 Å². The lowest BCUT2D eigenvalue weighted by atomic mass is 9.95. The van der Waals surface area contributed by atoms with Gasteiger partial charge in [0.25, 0.3) is 0 Å². The third-order valence-corrected chi connectivity index (χ3v) is 5.40. The molecule has 0 heterocycles. The molecule has 0 atom stereocenters. The third kappa shape index (κ3) is 3.37. The molecule has 23 heavy (non-hydrogen) atoms. The van der Waals surface area contributed by atoms with Crippen LogP contribution in [-0.2, 0) is 15.3 Å². The van der Waals surface area contributed by atoms with Crippen molar-refractivity contribution >= 4 is 15.5 Å². The van der Waals surface area contributed by atoms with Crippen LogP contribution in [0.1, 0.15) is 18.4 Å². The van der Waals surface area contributed by atoms with E-state index in [-0.39, 0.29) is 10.3 Å². The summed E-state index contributed by atoms with van der Waals surface area (Å²) in [5.41, 5.74) is 0.984. The summed E-state index contributed by atoms with van der Waals surface area (Å²) in [4.78, 5) is 0.258. The van der Waals surface area contributed by atoms with Crippen molar-refractivity contribution in [1.82, 2.24) is 0 Å². The molecule has 1 aliphatic carbocycles. The monoisotopic (exact) mass is 337 g/mol. The second kappa shape index (κ2) is 5.60.